The van der Waals surface area contributed by atoms with Crippen molar-refractivity contribution in [3.05, 3.63) is 33.1 Å². The molecule has 1 unspecified atom stereocenters. The maximum Gasteiger partial charge on any atom is 0.416 e. The molecule has 4 nitrogen and oxygen atoms in total. The standard InChI is InChI=1S/C18H19BrF3N3OS/c1-10-4-3-5-25(10)9-15-16(24-17(27-15)23-11(2)26)12-6-13(18(20,21)22)8-14(19)7-12/h6-8,10H,3-5,9H2,1-2H3,(H,23,24,26). The molecule has 0 aliphatic carbocycles. The summed E-state index contributed by atoms with van der Waals surface area (Å²) >= 11 is 4.48. The lowest BCUT2D eigenvalue weighted by atomic mass is 10.1. The molecular formula is C18H19BrF3N3OS. The first-order chi connectivity index (χ1) is 12.6. The van der Waals surface area contributed by atoms with Gasteiger partial charge in [-0.2, -0.15) is 13.2 Å². The number of likely N-dealkylation sites (tertiary alicyclic amines) is 1. The van der Waals surface area contributed by atoms with Crippen LogP contribution in [-0.4, -0.2) is 28.4 Å². The molecule has 2 heterocycles. The van der Waals surface area contributed by atoms with E-state index in [0.29, 0.717) is 33.4 Å². The minimum Gasteiger partial charge on any atom is -0.302 e. The van der Waals surface area contributed by atoms with E-state index in [2.05, 4.69) is 38.1 Å². The predicted octanol–water partition coefficient (Wildman–Crippen LogP) is 5.53. The molecule has 0 spiro atoms. The first kappa shape index (κ1) is 20.3. The van der Waals surface area contributed by atoms with Crippen LogP contribution in [0.2, 0.25) is 0 Å². The summed E-state index contributed by atoms with van der Waals surface area (Å²) in [6.07, 6.45) is -2.25. The molecule has 1 atom stereocenters. The summed E-state index contributed by atoms with van der Waals surface area (Å²) in [5.41, 5.74) is 0.127. The van der Waals surface area contributed by atoms with Crippen molar-refractivity contribution in [3.63, 3.8) is 0 Å². The average molecular weight is 462 g/mol. The molecule has 1 aromatic heterocycles. The molecule has 2 aromatic rings. The number of halogens is 4. The van der Waals surface area contributed by atoms with Crippen LogP contribution >= 0.6 is 27.3 Å². The largest absolute Gasteiger partial charge is 0.416 e. The molecule has 1 aliphatic rings. The number of amides is 1. The molecule has 1 aliphatic heterocycles. The van der Waals surface area contributed by atoms with Gasteiger partial charge in [0.2, 0.25) is 5.91 Å². The highest BCUT2D eigenvalue weighted by Crippen LogP contribution is 2.38. The van der Waals surface area contributed by atoms with Crippen LogP contribution in [0, 0.1) is 0 Å². The van der Waals surface area contributed by atoms with Crippen LogP contribution in [0.5, 0.6) is 0 Å². The second kappa shape index (κ2) is 7.89. The number of hydrogen-bond acceptors (Lipinski definition) is 4. The summed E-state index contributed by atoms with van der Waals surface area (Å²) in [6, 6.07) is 4.19. The Labute approximate surface area is 167 Å². The lowest BCUT2D eigenvalue weighted by molar-refractivity contribution is -0.137. The number of hydrogen-bond donors (Lipinski definition) is 1. The number of anilines is 1. The van der Waals surface area contributed by atoms with Gasteiger partial charge in [-0.25, -0.2) is 4.98 Å². The summed E-state index contributed by atoms with van der Waals surface area (Å²) in [4.78, 5) is 19.0. The van der Waals surface area contributed by atoms with E-state index in [1.807, 2.05) is 0 Å². The van der Waals surface area contributed by atoms with Crippen LogP contribution in [0.3, 0.4) is 0 Å². The number of nitrogens with zero attached hydrogens (tertiary/aromatic N) is 2. The Morgan fingerprint density at radius 2 is 2.15 bits per heavy atom. The number of carbonyl (C=O) groups is 1. The summed E-state index contributed by atoms with van der Waals surface area (Å²) in [5, 5.41) is 3.04. The van der Waals surface area contributed by atoms with Crippen molar-refractivity contribution in [2.75, 3.05) is 11.9 Å². The highest BCUT2D eigenvalue weighted by atomic mass is 79.9. The monoisotopic (exact) mass is 461 g/mol. The van der Waals surface area contributed by atoms with E-state index in [1.165, 1.54) is 18.3 Å². The van der Waals surface area contributed by atoms with E-state index in [1.54, 1.807) is 6.07 Å². The van der Waals surface area contributed by atoms with Crippen LogP contribution in [-0.2, 0) is 17.5 Å². The number of alkyl halides is 3. The van der Waals surface area contributed by atoms with Crippen molar-refractivity contribution in [1.29, 1.82) is 0 Å². The van der Waals surface area contributed by atoms with Gasteiger partial charge in [-0.1, -0.05) is 27.3 Å². The van der Waals surface area contributed by atoms with Crippen molar-refractivity contribution in [3.8, 4) is 11.3 Å². The van der Waals surface area contributed by atoms with E-state index < -0.39 is 11.7 Å². The zero-order chi connectivity index (χ0) is 19.8. The zero-order valence-corrected chi connectivity index (χ0v) is 17.3. The first-order valence-electron chi connectivity index (χ1n) is 8.53. The molecule has 0 radical (unpaired) electrons. The summed E-state index contributed by atoms with van der Waals surface area (Å²) in [7, 11) is 0. The molecule has 146 valence electrons. The fourth-order valence-electron chi connectivity index (χ4n) is 3.19. The van der Waals surface area contributed by atoms with Gasteiger partial charge in [0.05, 0.1) is 11.3 Å². The molecule has 1 N–H and O–H groups in total. The maximum absolute atomic E-state index is 13.2. The Balaban J connectivity index is 2.03. The maximum atomic E-state index is 13.2. The summed E-state index contributed by atoms with van der Waals surface area (Å²) in [5.74, 6) is -0.262. The lowest BCUT2D eigenvalue weighted by Crippen LogP contribution is -2.25. The third-order valence-electron chi connectivity index (χ3n) is 4.52. The van der Waals surface area contributed by atoms with Gasteiger partial charge in [-0.05, 0) is 44.5 Å². The van der Waals surface area contributed by atoms with Crippen molar-refractivity contribution in [2.45, 2.75) is 45.5 Å². The topological polar surface area (TPSA) is 45.2 Å². The zero-order valence-electron chi connectivity index (χ0n) is 14.9. The van der Waals surface area contributed by atoms with Crippen molar-refractivity contribution in [2.24, 2.45) is 0 Å². The minimum atomic E-state index is -4.45. The number of thiazole rings is 1. The van der Waals surface area contributed by atoms with Crippen molar-refractivity contribution in [1.82, 2.24) is 9.88 Å². The quantitative estimate of drug-likeness (QED) is 0.650. The number of rotatable bonds is 4. The molecule has 1 amide bonds. The van der Waals surface area contributed by atoms with Gasteiger partial charge in [0.15, 0.2) is 5.13 Å². The molecule has 0 bridgehead atoms. The lowest BCUT2D eigenvalue weighted by Gasteiger charge is -2.20. The number of carbonyl (C=O) groups excluding carboxylic acids is 1. The minimum absolute atomic E-state index is 0.262. The Morgan fingerprint density at radius 3 is 2.74 bits per heavy atom. The van der Waals surface area contributed by atoms with Gasteiger partial charge in [0.25, 0.3) is 0 Å². The van der Waals surface area contributed by atoms with Crippen LogP contribution in [0.15, 0.2) is 22.7 Å². The molecule has 1 saturated heterocycles. The van der Waals surface area contributed by atoms with Crippen LogP contribution < -0.4 is 5.32 Å². The Morgan fingerprint density at radius 1 is 1.41 bits per heavy atom. The van der Waals surface area contributed by atoms with Gasteiger partial charge >= 0.3 is 6.18 Å². The summed E-state index contributed by atoms with van der Waals surface area (Å²) < 4.78 is 40.0. The van der Waals surface area contributed by atoms with E-state index in [0.717, 1.165) is 36.4 Å². The first-order valence-corrected chi connectivity index (χ1v) is 10.1. The van der Waals surface area contributed by atoms with Crippen LogP contribution in [0.1, 0.15) is 37.1 Å². The fraction of sp³-hybridized carbons (Fsp3) is 0.444. The Kier molecular flexibility index (Phi) is 5.93. The predicted molar refractivity (Wildman–Crippen MR) is 104 cm³/mol. The van der Waals surface area contributed by atoms with Gasteiger partial charge in [-0.15, -0.1) is 0 Å². The molecule has 1 aromatic carbocycles. The molecule has 0 saturated carbocycles. The number of nitrogens with one attached hydrogen (secondary N) is 1. The van der Waals surface area contributed by atoms with Crippen molar-refractivity contribution >= 4 is 38.3 Å². The van der Waals surface area contributed by atoms with E-state index >= 15 is 0 Å². The molecular weight excluding hydrogens is 443 g/mol. The molecule has 1 fully saturated rings. The van der Waals surface area contributed by atoms with E-state index in [4.69, 9.17) is 0 Å². The van der Waals surface area contributed by atoms with Gasteiger partial charge < -0.3 is 5.32 Å². The Hall–Kier alpha value is -1.45. The molecule has 27 heavy (non-hydrogen) atoms. The summed E-state index contributed by atoms with van der Waals surface area (Å²) in [6.45, 7) is 5.06. The van der Waals surface area contributed by atoms with Gasteiger partial charge in [0, 0.05) is 34.4 Å². The number of benzene rings is 1. The smallest absolute Gasteiger partial charge is 0.302 e. The normalized spacial score (nSPS) is 18.1. The third kappa shape index (κ3) is 4.89. The van der Waals surface area contributed by atoms with Gasteiger partial charge in [-0.3, -0.25) is 9.69 Å². The van der Waals surface area contributed by atoms with Crippen molar-refractivity contribution < 1.29 is 18.0 Å². The number of aromatic nitrogens is 1. The van der Waals surface area contributed by atoms with Crippen LogP contribution in [0.25, 0.3) is 11.3 Å². The second-order valence-electron chi connectivity index (χ2n) is 6.66. The SMILES string of the molecule is CC(=O)Nc1nc(-c2cc(Br)cc(C(F)(F)F)c2)c(CN2CCCC2C)s1. The Bertz CT molecular complexity index is 853. The highest BCUT2D eigenvalue weighted by Gasteiger charge is 2.32. The fourth-order valence-corrected chi connectivity index (χ4v) is 4.74. The van der Waals surface area contributed by atoms with E-state index in [-0.39, 0.29) is 5.91 Å². The molecule has 9 heteroatoms. The van der Waals surface area contributed by atoms with Crippen LogP contribution in [0.4, 0.5) is 18.3 Å². The van der Waals surface area contributed by atoms with Gasteiger partial charge in [0.1, 0.15) is 0 Å². The highest BCUT2D eigenvalue weighted by molar-refractivity contribution is 9.10. The average Bonchev–Trinajstić information content (AvgIpc) is 3.12. The second-order valence-corrected chi connectivity index (χ2v) is 8.66. The third-order valence-corrected chi connectivity index (χ3v) is 5.93. The molecule has 3 rings (SSSR count). The van der Waals surface area contributed by atoms with E-state index in [9.17, 15) is 18.0 Å².